The molecule has 0 bridgehead atoms. The van der Waals surface area contributed by atoms with Crippen LogP contribution in [0.25, 0.3) is 10.9 Å². The maximum absolute atomic E-state index is 14.7. The van der Waals surface area contributed by atoms with Gasteiger partial charge in [0.15, 0.2) is 5.82 Å². The number of hydrogen-bond donors (Lipinski definition) is 1. The molecule has 6 nitrogen and oxygen atoms in total. The molecule has 1 amide bonds. The Kier molecular flexibility index (Phi) is 6.09. The molecule has 166 valence electrons. The average molecular weight is 451 g/mol. The topological polar surface area (TPSA) is 77.4 Å². The number of alkyl carbamates (subject to hydrolysis) is 1. The molecule has 1 heterocycles. The summed E-state index contributed by atoms with van der Waals surface area (Å²) in [6.45, 7) is 6.87. The van der Waals surface area contributed by atoms with Crippen LogP contribution in [0.1, 0.15) is 33.3 Å². The molecule has 0 aliphatic carbocycles. The van der Waals surface area contributed by atoms with Gasteiger partial charge in [0, 0.05) is 23.7 Å². The third-order valence-corrected chi connectivity index (χ3v) is 6.13. The lowest BCUT2D eigenvalue weighted by atomic mass is 10.1. The van der Waals surface area contributed by atoms with E-state index in [1.165, 1.54) is 18.3 Å². The van der Waals surface area contributed by atoms with E-state index in [2.05, 4.69) is 5.32 Å². The molecule has 0 saturated heterocycles. The molecule has 1 atom stereocenters. The molecule has 0 aliphatic heterocycles. The van der Waals surface area contributed by atoms with Crippen molar-refractivity contribution in [3.63, 3.8) is 0 Å². The number of amides is 1. The van der Waals surface area contributed by atoms with Gasteiger partial charge in [-0.15, -0.1) is 0 Å². The highest BCUT2D eigenvalue weighted by Crippen LogP contribution is 2.30. The first-order valence-electron chi connectivity index (χ1n) is 9.67. The van der Waals surface area contributed by atoms with Crippen LogP contribution in [0.3, 0.4) is 0 Å². The van der Waals surface area contributed by atoms with Crippen molar-refractivity contribution in [2.24, 2.45) is 0 Å². The zero-order valence-electron chi connectivity index (χ0n) is 17.6. The second-order valence-corrected chi connectivity index (χ2v) is 10.1. The van der Waals surface area contributed by atoms with Crippen molar-refractivity contribution in [1.82, 2.24) is 9.29 Å². The van der Waals surface area contributed by atoms with Crippen molar-refractivity contribution in [2.45, 2.75) is 50.7 Å². The Balaban J connectivity index is 2.03. The van der Waals surface area contributed by atoms with Crippen molar-refractivity contribution in [3.05, 3.63) is 65.9 Å². The molecule has 3 rings (SSSR count). The quantitative estimate of drug-likeness (QED) is 0.616. The van der Waals surface area contributed by atoms with Gasteiger partial charge in [0.05, 0.1) is 4.90 Å². The molecule has 1 N–H and O–H groups in total. The number of nitrogens with one attached hydrogen (secondary N) is 1. The molecule has 1 aromatic heterocycles. The van der Waals surface area contributed by atoms with E-state index in [1.54, 1.807) is 45.9 Å². The first-order valence-corrected chi connectivity index (χ1v) is 11.1. The van der Waals surface area contributed by atoms with Crippen LogP contribution >= 0.6 is 0 Å². The van der Waals surface area contributed by atoms with E-state index < -0.39 is 39.4 Å². The summed E-state index contributed by atoms with van der Waals surface area (Å²) in [5, 5.41) is 2.77. The van der Waals surface area contributed by atoms with Crippen LogP contribution in [-0.2, 0) is 21.2 Å². The van der Waals surface area contributed by atoms with Gasteiger partial charge in [-0.05, 0) is 57.9 Å². The van der Waals surface area contributed by atoms with E-state index in [0.29, 0.717) is 11.6 Å². The number of hydrogen-bond acceptors (Lipinski definition) is 4. The van der Waals surface area contributed by atoms with Gasteiger partial charge in [-0.2, -0.15) is 0 Å². The van der Waals surface area contributed by atoms with Crippen LogP contribution in [0.15, 0.2) is 53.6 Å². The lowest BCUT2D eigenvalue weighted by Gasteiger charge is -2.21. The Morgan fingerprint density at radius 3 is 2.42 bits per heavy atom. The number of ether oxygens (including phenoxy) is 1. The Morgan fingerprint density at radius 1 is 1.16 bits per heavy atom. The summed E-state index contributed by atoms with van der Waals surface area (Å²) in [6, 6.07) is 8.82. The van der Waals surface area contributed by atoms with Crippen LogP contribution in [0, 0.1) is 11.6 Å². The number of carbonyl (C=O) groups is 1. The maximum atomic E-state index is 14.7. The largest absolute Gasteiger partial charge is 0.444 e. The number of carbonyl (C=O) groups excluding carboxylic acids is 1. The van der Waals surface area contributed by atoms with Gasteiger partial charge in [-0.3, -0.25) is 0 Å². The maximum Gasteiger partial charge on any atom is 0.407 e. The molecule has 0 spiro atoms. The minimum Gasteiger partial charge on any atom is -0.444 e. The highest BCUT2D eigenvalue weighted by atomic mass is 32.2. The summed E-state index contributed by atoms with van der Waals surface area (Å²) in [5.41, 5.74) is -0.559. The fraction of sp³-hybridized carbons (Fsp3) is 0.318. The minimum absolute atomic E-state index is 0.0258. The van der Waals surface area contributed by atoms with Gasteiger partial charge >= 0.3 is 6.09 Å². The second kappa shape index (κ2) is 8.30. The van der Waals surface area contributed by atoms with E-state index >= 15 is 0 Å². The summed E-state index contributed by atoms with van der Waals surface area (Å²) in [4.78, 5) is 12.0. The van der Waals surface area contributed by atoms with Gasteiger partial charge in [-0.1, -0.05) is 18.2 Å². The normalized spacial score (nSPS) is 13.2. The predicted molar refractivity (Wildman–Crippen MR) is 113 cm³/mol. The molecule has 2 aromatic carbocycles. The highest BCUT2D eigenvalue weighted by molar-refractivity contribution is 7.90. The van der Waals surface area contributed by atoms with Crippen molar-refractivity contribution in [3.8, 4) is 0 Å². The molecule has 3 aromatic rings. The van der Waals surface area contributed by atoms with Gasteiger partial charge in [0.2, 0.25) is 0 Å². The fourth-order valence-electron chi connectivity index (χ4n) is 3.26. The monoisotopic (exact) mass is 450 g/mol. The summed E-state index contributed by atoms with van der Waals surface area (Å²) in [6.07, 6.45) is 0.761. The summed E-state index contributed by atoms with van der Waals surface area (Å²) >= 11 is 0. The van der Waals surface area contributed by atoms with E-state index in [-0.39, 0.29) is 22.2 Å². The lowest BCUT2D eigenvalue weighted by molar-refractivity contribution is 0.0508. The van der Waals surface area contributed by atoms with Gasteiger partial charge < -0.3 is 10.1 Å². The summed E-state index contributed by atoms with van der Waals surface area (Å²) in [7, 11) is -4.12. The van der Waals surface area contributed by atoms with Crippen molar-refractivity contribution < 1.29 is 26.7 Å². The SMILES string of the molecule is C[C@H](Cc1cn(S(=O)(=O)c2ccccc2)c2c(F)cc(F)cc12)NC(=O)OC(C)(C)C. The summed E-state index contributed by atoms with van der Waals surface area (Å²) in [5.74, 6) is -1.82. The van der Waals surface area contributed by atoms with Gasteiger partial charge in [-0.25, -0.2) is 26.0 Å². The molecule has 31 heavy (non-hydrogen) atoms. The fourth-order valence-corrected chi connectivity index (χ4v) is 4.68. The van der Waals surface area contributed by atoms with Crippen LogP contribution in [0.5, 0.6) is 0 Å². The molecule has 0 saturated carbocycles. The summed E-state index contributed by atoms with van der Waals surface area (Å²) < 4.78 is 60.9. The molecular weight excluding hydrogens is 426 g/mol. The third-order valence-electron chi connectivity index (χ3n) is 4.46. The predicted octanol–water partition coefficient (Wildman–Crippen LogP) is 4.61. The number of benzene rings is 2. The number of halogens is 2. The third kappa shape index (κ3) is 5.04. The van der Waals surface area contributed by atoms with E-state index in [1.807, 2.05) is 0 Å². The molecule has 0 fully saturated rings. The van der Waals surface area contributed by atoms with E-state index in [9.17, 15) is 22.0 Å². The Hall–Kier alpha value is -2.94. The number of fused-ring (bicyclic) bond motifs is 1. The smallest absolute Gasteiger partial charge is 0.407 e. The highest BCUT2D eigenvalue weighted by Gasteiger charge is 2.25. The van der Waals surface area contributed by atoms with Crippen molar-refractivity contribution in [1.29, 1.82) is 0 Å². The first kappa shape index (κ1) is 22.7. The molecule has 0 aliphatic rings. The Morgan fingerprint density at radius 2 is 1.81 bits per heavy atom. The number of rotatable bonds is 5. The zero-order chi connectivity index (χ0) is 23.0. The van der Waals surface area contributed by atoms with Crippen molar-refractivity contribution in [2.75, 3.05) is 0 Å². The Bertz CT molecular complexity index is 1220. The number of nitrogens with zero attached hydrogens (tertiary/aromatic N) is 1. The molecule has 0 radical (unpaired) electrons. The van der Waals surface area contributed by atoms with E-state index in [0.717, 1.165) is 10.0 Å². The average Bonchev–Trinajstić information content (AvgIpc) is 3.00. The van der Waals surface area contributed by atoms with Crippen LogP contribution in [-0.4, -0.2) is 30.1 Å². The number of aromatic nitrogens is 1. The first-order chi connectivity index (χ1) is 14.4. The van der Waals surface area contributed by atoms with Crippen LogP contribution in [0.4, 0.5) is 13.6 Å². The van der Waals surface area contributed by atoms with E-state index in [4.69, 9.17) is 4.74 Å². The van der Waals surface area contributed by atoms with Gasteiger partial charge in [0.25, 0.3) is 10.0 Å². The van der Waals surface area contributed by atoms with Crippen LogP contribution in [0.2, 0.25) is 0 Å². The second-order valence-electron chi connectivity index (χ2n) is 8.30. The van der Waals surface area contributed by atoms with Gasteiger partial charge in [0.1, 0.15) is 16.9 Å². The molecule has 0 unspecified atom stereocenters. The van der Waals surface area contributed by atoms with Crippen LogP contribution < -0.4 is 5.32 Å². The molecule has 9 heteroatoms. The zero-order valence-corrected chi connectivity index (χ0v) is 18.5. The van der Waals surface area contributed by atoms with Crippen molar-refractivity contribution >= 4 is 27.0 Å². The Labute approximate surface area is 179 Å². The minimum atomic E-state index is -4.12. The molecular formula is C22H24F2N2O4S. The standard InChI is InChI=1S/C22H24F2N2O4S/c1-14(25-21(27)30-22(2,3)4)10-15-13-26(20-18(15)11-16(23)12-19(20)24)31(28,29)17-8-6-5-7-9-17/h5-9,11-14H,10H2,1-4H3,(H,25,27)/t14-/m1/s1. The lowest BCUT2D eigenvalue weighted by Crippen LogP contribution is -2.38.